The van der Waals surface area contributed by atoms with Gasteiger partial charge in [-0.1, -0.05) is 12.1 Å². The van der Waals surface area contributed by atoms with Crippen LogP contribution < -0.4 is 19.5 Å². The molecule has 150 valence electrons. The zero-order valence-electron chi connectivity index (χ0n) is 16.3. The lowest BCUT2D eigenvalue weighted by Crippen LogP contribution is -2.13. The van der Waals surface area contributed by atoms with Crippen molar-refractivity contribution in [2.24, 2.45) is 0 Å². The second kappa shape index (κ2) is 9.59. The Labute approximate surface area is 169 Å². The normalized spacial score (nSPS) is 10.3. The van der Waals surface area contributed by atoms with Crippen molar-refractivity contribution in [1.82, 2.24) is 0 Å². The van der Waals surface area contributed by atoms with Crippen LogP contribution in [0.1, 0.15) is 12.0 Å². The number of benzene rings is 3. The summed E-state index contributed by atoms with van der Waals surface area (Å²) in [6.07, 6.45) is 0.847. The van der Waals surface area contributed by atoms with Gasteiger partial charge in [0.25, 0.3) is 0 Å². The molecule has 0 saturated carbocycles. The molecule has 0 aliphatic rings. The molecule has 0 aliphatic carbocycles. The van der Waals surface area contributed by atoms with E-state index < -0.39 is 0 Å². The van der Waals surface area contributed by atoms with Crippen LogP contribution in [0.5, 0.6) is 23.0 Å². The van der Waals surface area contributed by atoms with Crippen LogP contribution >= 0.6 is 0 Å². The molecule has 6 heteroatoms. The fourth-order valence-electron chi connectivity index (χ4n) is 2.78. The molecule has 0 aromatic heterocycles. The van der Waals surface area contributed by atoms with Crippen LogP contribution in [0.2, 0.25) is 0 Å². The summed E-state index contributed by atoms with van der Waals surface area (Å²) in [5.41, 5.74) is 1.55. The van der Waals surface area contributed by atoms with Crippen molar-refractivity contribution in [3.63, 3.8) is 0 Å². The Morgan fingerprint density at radius 2 is 1.66 bits per heavy atom. The summed E-state index contributed by atoms with van der Waals surface area (Å²) in [6, 6.07) is 18.5. The van der Waals surface area contributed by atoms with E-state index in [9.17, 15) is 9.18 Å². The molecule has 0 saturated heterocycles. The Balaban J connectivity index is 1.58. The predicted molar refractivity (Wildman–Crippen MR) is 109 cm³/mol. The van der Waals surface area contributed by atoms with E-state index in [2.05, 4.69) is 5.32 Å². The number of halogens is 1. The first kappa shape index (κ1) is 20.2. The van der Waals surface area contributed by atoms with Crippen LogP contribution in [0.3, 0.4) is 0 Å². The molecule has 5 nitrogen and oxygen atoms in total. The SMILES string of the molecule is COc1ccc(NC(=O)CCc2cccc(Oc3ccc(F)cc3)c2)c(OC)c1. The topological polar surface area (TPSA) is 56.8 Å². The molecular weight excluding hydrogens is 373 g/mol. The van der Waals surface area contributed by atoms with Crippen LogP contribution in [0, 0.1) is 5.82 Å². The highest BCUT2D eigenvalue weighted by Crippen LogP contribution is 2.29. The molecule has 3 aromatic carbocycles. The maximum absolute atomic E-state index is 13.0. The number of aryl methyl sites for hydroxylation is 1. The van der Waals surface area contributed by atoms with Crippen molar-refractivity contribution in [2.45, 2.75) is 12.8 Å². The van der Waals surface area contributed by atoms with Gasteiger partial charge in [-0.15, -0.1) is 0 Å². The lowest BCUT2D eigenvalue weighted by atomic mass is 10.1. The summed E-state index contributed by atoms with van der Waals surface area (Å²) in [5.74, 6) is 1.92. The summed E-state index contributed by atoms with van der Waals surface area (Å²) >= 11 is 0. The molecule has 0 spiro atoms. The molecule has 1 N–H and O–H groups in total. The molecular formula is C23H22FNO4. The fraction of sp³-hybridized carbons (Fsp3) is 0.174. The second-order valence-corrected chi connectivity index (χ2v) is 6.32. The van der Waals surface area contributed by atoms with Gasteiger partial charge in [-0.25, -0.2) is 4.39 Å². The van der Waals surface area contributed by atoms with Crippen LogP contribution in [0.4, 0.5) is 10.1 Å². The largest absolute Gasteiger partial charge is 0.497 e. The predicted octanol–water partition coefficient (Wildman–Crippen LogP) is 5.21. The molecule has 3 aromatic rings. The van der Waals surface area contributed by atoms with E-state index in [4.69, 9.17) is 14.2 Å². The quantitative estimate of drug-likeness (QED) is 0.569. The van der Waals surface area contributed by atoms with E-state index in [1.54, 1.807) is 37.4 Å². The van der Waals surface area contributed by atoms with Crippen molar-refractivity contribution < 1.29 is 23.4 Å². The number of amides is 1. The Morgan fingerprint density at radius 3 is 2.38 bits per heavy atom. The fourth-order valence-corrected chi connectivity index (χ4v) is 2.78. The zero-order chi connectivity index (χ0) is 20.6. The van der Waals surface area contributed by atoms with Crippen LogP contribution in [0.25, 0.3) is 0 Å². The number of rotatable bonds is 8. The molecule has 0 unspecified atom stereocenters. The highest BCUT2D eigenvalue weighted by atomic mass is 19.1. The molecule has 0 heterocycles. The van der Waals surface area contributed by atoms with Crippen LogP contribution in [-0.2, 0) is 11.2 Å². The van der Waals surface area contributed by atoms with Gasteiger partial charge in [0.05, 0.1) is 19.9 Å². The summed E-state index contributed by atoms with van der Waals surface area (Å²) in [4.78, 5) is 12.4. The van der Waals surface area contributed by atoms with Crippen LogP contribution in [-0.4, -0.2) is 20.1 Å². The standard InChI is InChI=1S/C23H22FNO4/c1-27-19-11-12-21(22(15-19)28-2)25-23(26)13-6-16-4-3-5-20(14-16)29-18-9-7-17(24)8-10-18/h3-5,7-12,14-15H,6,13H2,1-2H3,(H,25,26). The number of methoxy groups -OCH3 is 2. The van der Waals surface area contributed by atoms with Gasteiger partial charge in [-0.2, -0.15) is 0 Å². The number of carbonyl (C=O) groups is 1. The molecule has 0 atom stereocenters. The number of anilines is 1. The lowest BCUT2D eigenvalue weighted by Gasteiger charge is -2.12. The maximum Gasteiger partial charge on any atom is 0.224 e. The molecule has 0 radical (unpaired) electrons. The second-order valence-electron chi connectivity index (χ2n) is 6.32. The molecule has 1 amide bonds. The summed E-state index contributed by atoms with van der Waals surface area (Å²) in [5, 5.41) is 2.86. The van der Waals surface area contributed by atoms with Gasteiger partial charge in [0.2, 0.25) is 5.91 Å². The van der Waals surface area contributed by atoms with Crippen molar-refractivity contribution in [2.75, 3.05) is 19.5 Å². The van der Waals surface area contributed by atoms with E-state index in [1.807, 2.05) is 24.3 Å². The van der Waals surface area contributed by atoms with Crippen molar-refractivity contribution in [3.05, 3.63) is 78.1 Å². The van der Waals surface area contributed by atoms with E-state index in [1.165, 1.54) is 19.2 Å². The van der Waals surface area contributed by atoms with Gasteiger partial charge >= 0.3 is 0 Å². The number of hydrogen-bond donors (Lipinski definition) is 1. The number of carbonyl (C=O) groups excluding carboxylic acids is 1. The van der Waals surface area contributed by atoms with Crippen molar-refractivity contribution in [3.8, 4) is 23.0 Å². The van der Waals surface area contributed by atoms with Gasteiger partial charge in [0.15, 0.2) is 0 Å². The number of nitrogens with one attached hydrogen (secondary N) is 1. The molecule has 3 rings (SSSR count). The highest BCUT2D eigenvalue weighted by molar-refractivity contribution is 5.92. The van der Waals surface area contributed by atoms with Crippen LogP contribution in [0.15, 0.2) is 66.7 Å². The van der Waals surface area contributed by atoms with Gasteiger partial charge in [-0.05, 0) is 60.5 Å². The van der Waals surface area contributed by atoms with Gasteiger partial charge < -0.3 is 19.5 Å². The first-order valence-corrected chi connectivity index (χ1v) is 9.11. The summed E-state index contributed by atoms with van der Waals surface area (Å²) in [7, 11) is 3.11. The Kier molecular flexibility index (Phi) is 6.68. The molecule has 0 bridgehead atoms. The first-order valence-electron chi connectivity index (χ1n) is 9.11. The monoisotopic (exact) mass is 395 g/mol. The van der Waals surface area contributed by atoms with E-state index in [0.717, 1.165) is 5.56 Å². The molecule has 0 fully saturated rings. The van der Waals surface area contributed by atoms with Gasteiger partial charge in [-0.3, -0.25) is 4.79 Å². The third-order valence-corrected chi connectivity index (χ3v) is 4.27. The average Bonchev–Trinajstić information content (AvgIpc) is 2.74. The Hall–Kier alpha value is -3.54. The smallest absolute Gasteiger partial charge is 0.224 e. The maximum atomic E-state index is 13.0. The third-order valence-electron chi connectivity index (χ3n) is 4.27. The first-order chi connectivity index (χ1) is 14.1. The molecule has 29 heavy (non-hydrogen) atoms. The molecule has 0 aliphatic heterocycles. The minimum atomic E-state index is -0.314. The van der Waals surface area contributed by atoms with Gasteiger partial charge in [0.1, 0.15) is 28.8 Å². The van der Waals surface area contributed by atoms with E-state index in [0.29, 0.717) is 41.5 Å². The van der Waals surface area contributed by atoms with Gasteiger partial charge in [0, 0.05) is 12.5 Å². The number of ether oxygens (including phenoxy) is 3. The average molecular weight is 395 g/mol. The Morgan fingerprint density at radius 1 is 0.897 bits per heavy atom. The third kappa shape index (κ3) is 5.72. The zero-order valence-corrected chi connectivity index (χ0v) is 16.3. The van der Waals surface area contributed by atoms with E-state index >= 15 is 0 Å². The van der Waals surface area contributed by atoms with E-state index in [-0.39, 0.29) is 11.7 Å². The summed E-state index contributed by atoms with van der Waals surface area (Å²) < 4.78 is 29.2. The minimum absolute atomic E-state index is 0.127. The van der Waals surface area contributed by atoms with Crippen molar-refractivity contribution >= 4 is 11.6 Å². The summed E-state index contributed by atoms with van der Waals surface area (Å²) in [6.45, 7) is 0. The highest BCUT2D eigenvalue weighted by Gasteiger charge is 2.10. The van der Waals surface area contributed by atoms with Crippen molar-refractivity contribution in [1.29, 1.82) is 0 Å². The minimum Gasteiger partial charge on any atom is -0.497 e. The Bertz CT molecular complexity index is 973. The lowest BCUT2D eigenvalue weighted by molar-refractivity contribution is -0.116. The number of hydrogen-bond acceptors (Lipinski definition) is 4.